The molecule has 2 saturated heterocycles. The maximum Gasteiger partial charge on any atom is 0.407 e. The Bertz CT molecular complexity index is 783. The zero-order valence-electron chi connectivity index (χ0n) is 12.0. The molecule has 0 spiro atoms. The number of hydrogen-bond acceptors (Lipinski definition) is 5. The van der Waals surface area contributed by atoms with Gasteiger partial charge in [-0.2, -0.15) is 9.97 Å². The van der Waals surface area contributed by atoms with Gasteiger partial charge in [-0.25, -0.2) is 9.78 Å². The predicted molar refractivity (Wildman–Crippen MR) is 86.2 cm³/mol. The third-order valence-corrected chi connectivity index (χ3v) is 4.86. The Morgan fingerprint density at radius 2 is 1.83 bits per heavy atom. The molecule has 0 aliphatic carbocycles. The average Bonchev–Trinajstić information content (AvgIpc) is 2.77. The Morgan fingerprint density at radius 1 is 1.13 bits per heavy atom. The monoisotopic (exact) mass is 353 g/mol. The van der Waals surface area contributed by atoms with Gasteiger partial charge in [-0.3, -0.25) is 4.90 Å². The van der Waals surface area contributed by atoms with Crippen LogP contribution in [-0.4, -0.2) is 56.2 Å². The first-order valence-electron chi connectivity index (χ1n) is 7.29. The van der Waals surface area contributed by atoms with E-state index in [1.165, 1.54) is 0 Å². The summed E-state index contributed by atoms with van der Waals surface area (Å²) in [6.45, 7) is 1.18. The standard InChI is InChI=1S/C14H13Cl2N5O2/c15-10-4-3-9-11(17-10)18-13(16)19-12(9)20-5-7-1-2-8(6-20)21(7)14(22)23/h3-4,7-8H,1-2,5-6H2,(H,22,23)/t7-,8+. The Kier molecular flexibility index (Phi) is 3.42. The van der Waals surface area contributed by atoms with Gasteiger partial charge in [0.15, 0.2) is 5.65 Å². The number of anilines is 1. The Hall–Kier alpha value is -1.86. The molecule has 2 aliphatic rings. The summed E-state index contributed by atoms with van der Waals surface area (Å²) >= 11 is 11.9. The summed E-state index contributed by atoms with van der Waals surface area (Å²) in [5, 5.41) is 10.6. The lowest BCUT2D eigenvalue weighted by atomic mass is 10.2. The lowest BCUT2D eigenvalue weighted by Gasteiger charge is -2.40. The highest BCUT2D eigenvalue weighted by Crippen LogP contribution is 2.34. The van der Waals surface area contributed by atoms with Crippen molar-refractivity contribution < 1.29 is 9.90 Å². The van der Waals surface area contributed by atoms with E-state index in [9.17, 15) is 9.90 Å². The van der Waals surface area contributed by atoms with E-state index in [2.05, 4.69) is 19.9 Å². The number of carbonyl (C=O) groups is 1. The lowest BCUT2D eigenvalue weighted by Crippen LogP contribution is -2.55. The molecule has 2 atom stereocenters. The highest BCUT2D eigenvalue weighted by Gasteiger charge is 2.43. The number of amides is 1. The minimum Gasteiger partial charge on any atom is -0.465 e. The van der Waals surface area contributed by atoms with Crippen molar-refractivity contribution in [3.8, 4) is 0 Å². The number of pyridine rings is 1. The number of nitrogens with zero attached hydrogens (tertiary/aromatic N) is 5. The number of rotatable bonds is 1. The molecular weight excluding hydrogens is 341 g/mol. The first-order valence-corrected chi connectivity index (χ1v) is 8.04. The fourth-order valence-corrected chi connectivity index (χ4v) is 3.88. The van der Waals surface area contributed by atoms with Crippen LogP contribution < -0.4 is 4.90 Å². The lowest BCUT2D eigenvalue weighted by molar-refractivity contribution is 0.114. The molecule has 23 heavy (non-hydrogen) atoms. The van der Waals surface area contributed by atoms with Crippen LogP contribution in [0.15, 0.2) is 12.1 Å². The van der Waals surface area contributed by atoms with E-state index in [0.717, 1.165) is 18.2 Å². The molecule has 9 heteroatoms. The predicted octanol–water partition coefficient (Wildman–Crippen LogP) is 2.66. The topological polar surface area (TPSA) is 82.5 Å². The Morgan fingerprint density at radius 3 is 2.48 bits per heavy atom. The van der Waals surface area contributed by atoms with E-state index in [0.29, 0.717) is 29.7 Å². The molecule has 7 nitrogen and oxygen atoms in total. The quantitative estimate of drug-likeness (QED) is 0.626. The molecule has 120 valence electrons. The molecule has 0 radical (unpaired) electrons. The molecule has 2 aliphatic heterocycles. The number of hydrogen-bond donors (Lipinski definition) is 1. The molecule has 4 rings (SSSR count). The highest BCUT2D eigenvalue weighted by atomic mass is 35.5. The van der Waals surface area contributed by atoms with Gasteiger partial charge in [0, 0.05) is 13.1 Å². The number of carboxylic acid groups (broad SMARTS) is 1. The van der Waals surface area contributed by atoms with Gasteiger partial charge in [-0.15, -0.1) is 0 Å². The van der Waals surface area contributed by atoms with Crippen molar-refractivity contribution in [3.63, 3.8) is 0 Å². The van der Waals surface area contributed by atoms with E-state index in [1.807, 2.05) is 6.07 Å². The second-order valence-corrected chi connectivity index (χ2v) is 6.53. The molecule has 2 fully saturated rings. The molecule has 0 unspecified atom stereocenters. The summed E-state index contributed by atoms with van der Waals surface area (Å²) in [4.78, 5) is 27.7. The van der Waals surface area contributed by atoms with Gasteiger partial charge in [-0.1, -0.05) is 11.6 Å². The van der Waals surface area contributed by atoms with Crippen LogP contribution in [0.3, 0.4) is 0 Å². The van der Waals surface area contributed by atoms with Crippen molar-refractivity contribution >= 4 is 46.1 Å². The molecule has 4 heterocycles. The average molecular weight is 354 g/mol. The summed E-state index contributed by atoms with van der Waals surface area (Å²) in [5.74, 6) is 0.686. The zero-order valence-corrected chi connectivity index (χ0v) is 13.5. The Labute approximate surface area is 141 Å². The maximum atomic E-state index is 11.4. The van der Waals surface area contributed by atoms with Crippen LogP contribution in [0.25, 0.3) is 11.0 Å². The molecule has 0 aromatic carbocycles. The maximum absolute atomic E-state index is 11.4. The first-order chi connectivity index (χ1) is 11.0. The number of piperazine rings is 1. The van der Waals surface area contributed by atoms with Gasteiger partial charge in [0.1, 0.15) is 11.0 Å². The van der Waals surface area contributed by atoms with Crippen LogP contribution in [0.2, 0.25) is 10.4 Å². The third-order valence-electron chi connectivity index (χ3n) is 4.48. The second kappa shape index (κ2) is 5.35. The van der Waals surface area contributed by atoms with Crippen LogP contribution in [0.4, 0.5) is 10.6 Å². The molecule has 1 N–H and O–H groups in total. The van der Waals surface area contributed by atoms with Crippen LogP contribution in [0.1, 0.15) is 12.8 Å². The van der Waals surface area contributed by atoms with Crippen molar-refractivity contribution in [1.29, 1.82) is 0 Å². The third kappa shape index (κ3) is 2.44. The van der Waals surface area contributed by atoms with E-state index in [4.69, 9.17) is 23.2 Å². The minimum atomic E-state index is -0.851. The number of halogens is 2. The number of fused-ring (bicyclic) bond motifs is 3. The molecular formula is C14H13Cl2N5O2. The van der Waals surface area contributed by atoms with E-state index < -0.39 is 6.09 Å². The fourth-order valence-electron chi connectivity index (χ4n) is 3.57. The molecule has 2 aromatic rings. The van der Waals surface area contributed by atoms with Crippen molar-refractivity contribution in [2.24, 2.45) is 0 Å². The zero-order chi connectivity index (χ0) is 16.1. The first kappa shape index (κ1) is 14.7. The van der Waals surface area contributed by atoms with E-state index in [1.54, 1.807) is 11.0 Å². The largest absolute Gasteiger partial charge is 0.465 e. The smallest absolute Gasteiger partial charge is 0.407 e. The minimum absolute atomic E-state index is 0.0182. The van der Waals surface area contributed by atoms with Gasteiger partial charge >= 0.3 is 6.09 Å². The van der Waals surface area contributed by atoms with Crippen molar-refractivity contribution in [1.82, 2.24) is 19.9 Å². The normalized spacial score (nSPS) is 23.6. The van der Waals surface area contributed by atoms with Gasteiger partial charge in [0.2, 0.25) is 5.28 Å². The SMILES string of the molecule is O=C(O)N1[C@@H]2CC[C@H]1CN(c1nc(Cl)nc3nc(Cl)ccc13)C2. The van der Waals surface area contributed by atoms with Gasteiger partial charge in [-0.05, 0) is 36.6 Å². The van der Waals surface area contributed by atoms with Crippen molar-refractivity contribution in [3.05, 3.63) is 22.6 Å². The molecule has 0 saturated carbocycles. The van der Waals surface area contributed by atoms with Gasteiger partial charge in [0.05, 0.1) is 17.5 Å². The van der Waals surface area contributed by atoms with E-state index in [-0.39, 0.29) is 17.4 Å². The molecule has 2 bridgehead atoms. The summed E-state index contributed by atoms with van der Waals surface area (Å²) in [6.07, 6.45) is 0.888. The van der Waals surface area contributed by atoms with Crippen LogP contribution >= 0.6 is 23.2 Å². The fraction of sp³-hybridized carbons (Fsp3) is 0.429. The summed E-state index contributed by atoms with van der Waals surface area (Å²) in [5.41, 5.74) is 0.445. The van der Waals surface area contributed by atoms with Gasteiger partial charge in [0.25, 0.3) is 0 Å². The van der Waals surface area contributed by atoms with Crippen LogP contribution in [0, 0.1) is 0 Å². The summed E-state index contributed by atoms with van der Waals surface area (Å²) in [6, 6.07) is 3.47. The number of aromatic nitrogens is 3. The highest BCUT2D eigenvalue weighted by molar-refractivity contribution is 6.30. The Balaban J connectivity index is 1.75. The van der Waals surface area contributed by atoms with Crippen LogP contribution in [-0.2, 0) is 0 Å². The summed E-state index contributed by atoms with van der Waals surface area (Å²) in [7, 11) is 0. The van der Waals surface area contributed by atoms with Crippen LogP contribution in [0.5, 0.6) is 0 Å². The molecule has 2 aromatic heterocycles. The summed E-state index contributed by atoms with van der Waals surface area (Å²) < 4.78 is 0. The van der Waals surface area contributed by atoms with Gasteiger partial charge < -0.3 is 10.0 Å². The van der Waals surface area contributed by atoms with Crippen molar-refractivity contribution in [2.45, 2.75) is 24.9 Å². The van der Waals surface area contributed by atoms with Crippen molar-refractivity contribution in [2.75, 3.05) is 18.0 Å². The second-order valence-electron chi connectivity index (χ2n) is 5.80. The molecule has 1 amide bonds. The van der Waals surface area contributed by atoms with E-state index >= 15 is 0 Å².